The molecule has 0 aromatic carbocycles. The molecule has 1 N–H and O–H groups in total. The van der Waals surface area contributed by atoms with Gasteiger partial charge in [-0.2, -0.15) is 0 Å². The summed E-state index contributed by atoms with van der Waals surface area (Å²) in [6, 6.07) is 3.91. The summed E-state index contributed by atoms with van der Waals surface area (Å²) >= 11 is 1.66. The second-order valence-corrected chi connectivity index (χ2v) is 6.17. The Labute approximate surface area is 110 Å². The van der Waals surface area contributed by atoms with Gasteiger partial charge in [0.15, 0.2) is 5.76 Å². The van der Waals surface area contributed by atoms with Gasteiger partial charge < -0.3 is 9.52 Å². The third-order valence-electron chi connectivity index (χ3n) is 3.82. The Morgan fingerprint density at radius 2 is 2.28 bits per heavy atom. The fourth-order valence-electron chi connectivity index (χ4n) is 2.47. The zero-order chi connectivity index (χ0) is 12.6. The Hall–Kier alpha value is -1.13. The van der Waals surface area contributed by atoms with E-state index < -0.39 is 0 Å². The number of aromatic nitrogens is 1. The Bertz CT molecular complexity index is 534. The Balaban J connectivity index is 1.77. The number of hydrogen-bond acceptors (Lipinski definition) is 4. The third-order valence-corrected chi connectivity index (χ3v) is 4.67. The van der Waals surface area contributed by atoms with Crippen molar-refractivity contribution in [1.82, 2.24) is 4.98 Å². The van der Waals surface area contributed by atoms with Crippen LogP contribution in [0, 0.1) is 12.3 Å². The van der Waals surface area contributed by atoms with E-state index in [1.165, 1.54) is 6.42 Å². The van der Waals surface area contributed by atoms with Gasteiger partial charge >= 0.3 is 0 Å². The number of furan rings is 1. The quantitative estimate of drug-likeness (QED) is 0.919. The van der Waals surface area contributed by atoms with Crippen molar-refractivity contribution in [3.05, 3.63) is 28.3 Å². The van der Waals surface area contributed by atoms with Crippen molar-refractivity contribution >= 4 is 11.3 Å². The molecule has 0 saturated heterocycles. The first-order valence-electron chi connectivity index (χ1n) is 6.33. The van der Waals surface area contributed by atoms with Crippen molar-refractivity contribution in [3.63, 3.8) is 0 Å². The molecule has 0 amide bonds. The Morgan fingerprint density at radius 1 is 1.44 bits per heavy atom. The molecule has 1 aliphatic carbocycles. The summed E-state index contributed by atoms with van der Waals surface area (Å²) < 4.78 is 5.57. The number of hydrogen-bond donors (Lipinski definition) is 1. The number of aliphatic hydroxyl groups excluding tert-OH is 1. The van der Waals surface area contributed by atoms with Crippen molar-refractivity contribution < 1.29 is 9.52 Å². The maximum absolute atomic E-state index is 9.48. The summed E-state index contributed by atoms with van der Waals surface area (Å²) in [5, 5.41) is 12.6. The standard InChI is InChI=1S/C14H17NO2S/c1-10-3-4-12(17-10)11-8-18-13(15-11)7-14(9-16)5-2-6-14/h3-4,8,16H,2,5-7,9H2,1H3. The van der Waals surface area contributed by atoms with Gasteiger partial charge in [0.2, 0.25) is 0 Å². The van der Waals surface area contributed by atoms with E-state index in [0.717, 1.165) is 41.5 Å². The number of nitrogens with zero attached hydrogens (tertiary/aromatic N) is 1. The fraction of sp³-hybridized carbons (Fsp3) is 0.500. The Kier molecular flexibility index (Phi) is 2.99. The van der Waals surface area contributed by atoms with Crippen LogP contribution in [0.1, 0.15) is 30.0 Å². The molecule has 3 rings (SSSR count). The van der Waals surface area contributed by atoms with E-state index in [0.29, 0.717) is 0 Å². The van der Waals surface area contributed by atoms with Gasteiger partial charge in [-0.05, 0) is 37.3 Å². The zero-order valence-electron chi connectivity index (χ0n) is 10.5. The van der Waals surface area contributed by atoms with Crippen LogP contribution < -0.4 is 0 Å². The number of rotatable bonds is 4. The van der Waals surface area contributed by atoms with E-state index in [1.807, 2.05) is 24.4 Å². The van der Waals surface area contributed by atoms with Crippen molar-refractivity contribution in [3.8, 4) is 11.5 Å². The predicted molar refractivity (Wildman–Crippen MR) is 71.6 cm³/mol. The highest BCUT2D eigenvalue weighted by atomic mass is 32.1. The lowest BCUT2D eigenvalue weighted by molar-refractivity contribution is 0.0450. The molecular formula is C14H17NO2S. The van der Waals surface area contributed by atoms with Gasteiger partial charge in [-0.1, -0.05) is 6.42 Å². The van der Waals surface area contributed by atoms with Crippen LogP contribution in [0.3, 0.4) is 0 Å². The van der Waals surface area contributed by atoms with Gasteiger partial charge in [-0.15, -0.1) is 11.3 Å². The summed E-state index contributed by atoms with van der Waals surface area (Å²) in [6.07, 6.45) is 4.38. The molecule has 18 heavy (non-hydrogen) atoms. The largest absolute Gasteiger partial charge is 0.460 e. The summed E-state index contributed by atoms with van der Waals surface area (Å²) in [4.78, 5) is 4.62. The van der Waals surface area contributed by atoms with Gasteiger partial charge in [0, 0.05) is 18.4 Å². The molecule has 2 aromatic heterocycles. The van der Waals surface area contributed by atoms with Crippen LogP contribution in [0.25, 0.3) is 11.5 Å². The highest BCUT2D eigenvalue weighted by molar-refractivity contribution is 7.09. The molecule has 1 fully saturated rings. The van der Waals surface area contributed by atoms with E-state index in [4.69, 9.17) is 4.42 Å². The monoisotopic (exact) mass is 263 g/mol. The zero-order valence-corrected chi connectivity index (χ0v) is 11.3. The molecule has 0 aliphatic heterocycles. The van der Waals surface area contributed by atoms with Gasteiger partial charge in [0.1, 0.15) is 11.5 Å². The summed E-state index contributed by atoms with van der Waals surface area (Å²) in [7, 11) is 0. The maximum atomic E-state index is 9.48. The number of aryl methyl sites for hydroxylation is 1. The minimum atomic E-state index is 0.105. The first kappa shape index (κ1) is 11.9. The number of thiazole rings is 1. The van der Waals surface area contributed by atoms with Gasteiger partial charge in [-0.25, -0.2) is 4.98 Å². The minimum absolute atomic E-state index is 0.105. The molecule has 96 valence electrons. The lowest BCUT2D eigenvalue weighted by atomic mass is 9.67. The normalized spacial score (nSPS) is 17.7. The minimum Gasteiger partial charge on any atom is -0.460 e. The summed E-state index contributed by atoms with van der Waals surface area (Å²) in [6.45, 7) is 2.22. The van der Waals surface area contributed by atoms with E-state index in [9.17, 15) is 5.11 Å². The molecule has 0 unspecified atom stereocenters. The topological polar surface area (TPSA) is 46.3 Å². The van der Waals surface area contributed by atoms with E-state index in [2.05, 4.69) is 4.98 Å². The van der Waals surface area contributed by atoms with Crippen molar-refractivity contribution in [2.45, 2.75) is 32.6 Å². The predicted octanol–water partition coefficient (Wildman–Crippen LogP) is 3.42. The van der Waals surface area contributed by atoms with E-state index in [-0.39, 0.29) is 12.0 Å². The average Bonchev–Trinajstić information content (AvgIpc) is 2.92. The van der Waals surface area contributed by atoms with Gasteiger partial charge in [-0.3, -0.25) is 0 Å². The molecular weight excluding hydrogens is 246 g/mol. The maximum Gasteiger partial charge on any atom is 0.153 e. The van der Waals surface area contributed by atoms with E-state index in [1.54, 1.807) is 11.3 Å². The van der Waals surface area contributed by atoms with Crippen LogP contribution in [-0.4, -0.2) is 16.7 Å². The highest BCUT2D eigenvalue weighted by Gasteiger charge is 2.37. The molecule has 2 heterocycles. The van der Waals surface area contributed by atoms with Gasteiger partial charge in [0.05, 0.1) is 5.01 Å². The molecule has 4 heteroatoms. The smallest absolute Gasteiger partial charge is 0.153 e. The van der Waals surface area contributed by atoms with Crippen LogP contribution >= 0.6 is 11.3 Å². The second-order valence-electron chi connectivity index (χ2n) is 5.23. The highest BCUT2D eigenvalue weighted by Crippen LogP contribution is 2.43. The van der Waals surface area contributed by atoms with Crippen LogP contribution in [0.5, 0.6) is 0 Å². The average molecular weight is 263 g/mol. The molecule has 0 atom stereocenters. The Morgan fingerprint density at radius 3 is 2.83 bits per heavy atom. The molecule has 3 nitrogen and oxygen atoms in total. The van der Waals surface area contributed by atoms with Crippen LogP contribution in [-0.2, 0) is 6.42 Å². The molecule has 2 aromatic rings. The fourth-order valence-corrected chi connectivity index (χ4v) is 3.42. The van der Waals surface area contributed by atoms with Crippen LogP contribution in [0.2, 0.25) is 0 Å². The lowest BCUT2D eigenvalue weighted by Gasteiger charge is -2.39. The first-order chi connectivity index (χ1) is 8.71. The lowest BCUT2D eigenvalue weighted by Crippen LogP contribution is -2.35. The van der Waals surface area contributed by atoms with Gasteiger partial charge in [0.25, 0.3) is 0 Å². The molecule has 1 aliphatic rings. The summed E-state index contributed by atoms with van der Waals surface area (Å²) in [5.74, 6) is 1.74. The second kappa shape index (κ2) is 4.52. The third kappa shape index (κ3) is 2.10. The molecule has 0 radical (unpaired) electrons. The summed E-state index contributed by atoms with van der Waals surface area (Å²) in [5.41, 5.74) is 1.02. The molecule has 1 saturated carbocycles. The van der Waals surface area contributed by atoms with E-state index >= 15 is 0 Å². The molecule has 0 spiro atoms. The molecule has 0 bridgehead atoms. The van der Waals surface area contributed by atoms with Crippen LogP contribution in [0.15, 0.2) is 21.9 Å². The van der Waals surface area contributed by atoms with Crippen molar-refractivity contribution in [1.29, 1.82) is 0 Å². The van der Waals surface area contributed by atoms with Crippen molar-refractivity contribution in [2.75, 3.05) is 6.61 Å². The SMILES string of the molecule is Cc1ccc(-c2csc(CC3(CO)CCC3)n2)o1. The van der Waals surface area contributed by atoms with Crippen LogP contribution in [0.4, 0.5) is 0 Å². The first-order valence-corrected chi connectivity index (χ1v) is 7.21. The van der Waals surface area contributed by atoms with Crippen molar-refractivity contribution in [2.24, 2.45) is 5.41 Å². The number of aliphatic hydroxyl groups is 1.